The molecule has 2 aromatic rings. The molecule has 0 bridgehead atoms. The average Bonchev–Trinajstić information content (AvgIpc) is 2.64. The Bertz CT molecular complexity index is 940. The molecule has 2 rings (SSSR count). The molecule has 0 aliphatic carbocycles. The SMILES string of the molecule is CCCCOc1ccc([I-]c2ccc(S(=O)(=O)C(=C=N)C#N)cc2)cc1. The number of nitriles is 1. The maximum atomic E-state index is 12.2. The van der Waals surface area contributed by atoms with Crippen LogP contribution in [-0.2, 0) is 9.84 Å². The van der Waals surface area contributed by atoms with E-state index in [1.165, 1.54) is 21.8 Å². The predicted molar refractivity (Wildman–Crippen MR) is 94.7 cm³/mol. The molecule has 0 fully saturated rings. The summed E-state index contributed by atoms with van der Waals surface area (Å²) in [5.41, 5.74) is 0. The van der Waals surface area contributed by atoms with E-state index < -0.39 is 35.9 Å². The Morgan fingerprint density at radius 2 is 1.69 bits per heavy atom. The molecule has 0 saturated heterocycles. The first-order valence-electron chi connectivity index (χ1n) is 7.94. The Kier molecular flexibility index (Phi) is 7.39. The summed E-state index contributed by atoms with van der Waals surface area (Å²) in [4.78, 5) is -0.681. The van der Waals surface area contributed by atoms with E-state index in [4.69, 9.17) is 15.4 Å². The van der Waals surface area contributed by atoms with Crippen LogP contribution in [0.25, 0.3) is 0 Å². The fourth-order valence-electron chi connectivity index (χ4n) is 2.00. The Hall–Kier alpha value is -2.14. The zero-order valence-corrected chi connectivity index (χ0v) is 17.2. The third-order valence-electron chi connectivity index (χ3n) is 3.41. The molecule has 0 spiro atoms. The van der Waals surface area contributed by atoms with Crippen LogP contribution in [0.1, 0.15) is 19.8 Å². The van der Waals surface area contributed by atoms with Gasteiger partial charge in [-0.25, -0.2) is 0 Å². The van der Waals surface area contributed by atoms with E-state index >= 15 is 0 Å². The van der Waals surface area contributed by atoms with Gasteiger partial charge in [0.05, 0.1) is 0 Å². The molecule has 7 heteroatoms. The van der Waals surface area contributed by atoms with Crippen molar-refractivity contribution in [2.75, 3.05) is 6.61 Å². The van der Waals surface area contributed by atoms with Crippen LogP contribution in [0.2, 0.25) is 0 Å². The molecule has 0 radical (unpaired) electrons. The number of rotatable bonds is 8. The molecule has 0 aliphatic heterocycles. The molecule has 136 valence electrons. The van der Waals surface area contributed by atoms with Crippen molar-refractivity contribution >= 4 is 15.7 Å². The van der Waals surface area contributed by atoms with Gasteiger partial charge in [-0.3, -0.25) is 0 Å². The van der Waals surface area contributed by atoms with Crippen LogP contribution in [0.4, 0.5) is 0 Å². The van der Waals surface area contributed by atoms with Crippen molar-refractivity contribution in [2.24, 2.45) is 0 Å². The van der Waals surface area contributed by atoms with Crippen LogP contribution < -0.4 is 25.9 Å². The van der Waals surface area contributed by atoms with E-state index in [9.17, 15) is 8.42 Å². The molecule has 0 aliphatic rings. The monoisotopic (exact) mass is 481 g/mol. The Labute approximate surface area is 164 Å². The van der Waals surface area contributed by atoms with Gasteiger partial charge in [0.2, 0.25) is 0 Å². The van der Waals surface area contributed by atoms with Crippen LogP contribution in [0.15, 0.2) is 58.3 Å². The van der Waals surface area contributed by atoms with Crippen molar-refractivity contribution < 1.29 is 34.4 Å². The number of unbranched alkanes of at least 4 members (excludes halogenated alkanes) is 1. The summed E-state index contributed by atoms with van der Waals surface area (Å²) in [5.74, 6) is 2.54. The summed E-state index contributed by atoms with van der Waals surface area (Å²) in [7, 11) is -3.95. The topological polar surface area (TPSA) is 91.0 Å². The van der Waals surface area contributed by atoms with Gasteiger partial charge in [0, 0.05) is 0 Å². The first-order valence-corrected chi connectivity index (χ1v) is 11.6. The van der Waals surface area contributed by atoms with Gasteiger partial charge in [-0.1, -0.05) is 0 Å². The van der Waals surface area contributed by atoms with Crippen molar-refractivity contribution in [2.45, 2.75) is 24.7 Å². The quantitative estimate of drug-likeness (QED) is 0.256. The van der Waals surface area contributed by atoms with Crippen molar-refractivity contribution in [3.8, 4) is 11.8 Å². The zero-order chi connectivity index (χ0) is 19.0. The average molecular weight is 481 g/mol. The van der Waals surface area contributed by atoms with Gasteiger partial charge >= 0.3 is 164 Å². The van der Waals surface area contributed by atoms with Gasteiger partial charge in [0.15, 0.2) is 0 Å². The molecular formula is C19H18IN2O3S-. The molecular weight excluding hydrogens is 463 g/mol. The molecule has 0 heterocycles. The summed E-state index contributed by atoms with van der Waals surface area (Å²) in [5, 5.41) is 15.7. The van der Waals surface area contributed by atoms with E-state index in [0.29, 0.717) is 0 Å². The van der Waals surface area contributed by atoms with Crippen LogP contribution >= 0.6 is 0 Å². The van der Waals surface area contributed by atoms with E-state index in [-0.39, 0.29) is 4.90 Å². The first-order chi connectivity index (χ1) is 12.5. The molecule has 0 atom stereocenters. The number of hydrogen-bond donors (Lipinski definition) is 1. The Morgan fingerprint density at radius 3 is 2.19 bits per heavy atom. The molecule has 2 aromatic carbocycles. The third-order valence-corrected chi connectivity index (χ3v) is 7.71. The fourth-order valence-corrected chi connectivity index (χ4v) is 5.15. The van der Waals surface area contributed by atoms with Crippen molar-refractivity contribution in [1.82, 2.24) is 0 Å². The molecule has 26 heavy (non-hydrogen) atoms. The number of sulfone groups is 1. The van der Waals surface area contributed by atoms with E-state index in [1.807, 2.05) is 24.3 Å². The molecule has 5 nitrogen and oxygen atoms in total. The van der Waals surface area contributed by atoms with Crippen molar-refractivity contribution in [3.05, 3.63) is 60.6 Å². The molecule has 0 amide bonds. The van der Waals surface area contributed by atoms with Gasteiger partial charge in [0.1, 0.15) is 0 Å². The number of nitrogens with one attached hydrogen (secondary N) is 1. The molecule has 1 N–H and O–H groups in total. The minimum atomic E-state index is -3.95. The number of ether oxygens (including phenoxy) is 1. The van der Waals surface area contributed by atoms with Gasteiger partial charge in [-0.2, -0.15) is 0 Å². The number of allylic oxidation sites excluding steroid dienone is 1. The van der Waals surface area contributed by atoms with Crippen LogP contribution in [0.3, 0.4) is 0 Å². The zero-order valence-electron chi connectivity index (χ0n) is 14.2. The van der Waals surface area contributed by atoms with Gasteiger partial charge in [0.25, 0.3) is 0 Å². The standard InChI is InChI=1S/C19H18IN2O3S/c1-2-3-12-25-17-8-4-15(5-9-17)20-16-6-10-18(11-7-16)26(23,24)19(13-21)14-22/h4-11,21H,2-3,12H2,1H3/q-1. The van der Waals surface area contributed by atoms with Crippen LogP contribution in [-0.4, -0.2) is 20.9 Å². The van der Waals surface area contributed by atoms with E-state index in [2.05, 4.69) is 6.92 Å². The van der Waals surface area contributed by atoms with Gasteiger partial charge < -0.3 is 0 Å². The normalized spacial score (nSPS) is 10.8. The fraction of sp³-hybridized carbons (Fsp3) is 0.211. The number of halogens is 1. The Morgan fingerprint density at radius 1 is 1.12 bits per heavy atom. The number of hydrogen-bond acceptors (Lipinski definition) is 5. The van der Waals surface area contributed by atoms with Gasteiger partial charge in [-0.15, -0.1) is 0 Å². The predicted octanol–water partition coefficient (Wildman–Crippen LogP) is 0.424. The molecule has 0 saturated carbocycles. The second-order valence-electron chi connectivity index (χ2n) is 5.27. The third kappa shape index (κ3) is 5.18. The molecule has 0 aromatic heterocycles. The summed E-state index contributed by atoms with van der Waals surface area (Å²) in [6.45, 7) is 2.84. The second-order valence-corrected chi connectivity index (χ2v) is 10.2. The number of nitrogens with zero attached hydrogens (tertiary/aromatic N) is 1. The Balaban J connectivity index is 2.08. The summed E-state index contributed by atoms with van der Waals surface area (Å²) < 4.78 is 32.2. The summed E-state index contributed by atoms with van der Waals surface area (Å²) in [6, 6.07) is 15.9. The van der Waals surface area contributed by atoms with E-state index in [0.717, 1.165) is 28.8 Å². The van der Waals surface area contributed by atoms with E-state index in [1.54, 1.807) is 18.0 Å². The first kappa shape index (κ1) is 20.2. The summed E-state index contributed by atoms with van der Waals surface area (Å²) in [6.07, 6.45) is 2.13. The van der Waals surface area contributed by atoms with Crippen LogP contribution in [0, 0.1) is 23.9 Å². The summed E-state index contributed by atoms with van der Waals surface area (Å²) >= 11 is -0.449. The van der Waals surface area contributed by atoms with Crippen LogP contribution in [0.5, 0.6) is 5.75 Å². The van der Waals surface area contributed by atoms with Crippen molar-refractivity contribution in [1.29, 1.82) is 10.7 Å². The minimum absolute atomic E-state index is 0.00114. The van der Waals surface area contributed by atoms with Gasteiger partial charge in [-0.05, 0) is 0 Å². The maximum absolute atomic E-state index is 12.2. The molecule has 0 unspecified atom stereocenters. The van der Waals surface area contributed by atoms with Crippen molar-refractivity contribution in [3.63, 3.8) is 0 Å². The number of benzene rings is 2. The second kappa shape index (κ2) is 9.53.